The third-order valence-electron chi connectivity index (χ3n) is 0.356. The van der Waals surface area contributed by atoms with Crippen molar-refractivity contribution < 1.29 is 45.0 Å². The molecule has 0 spiro atoms. The summed E-state index contributed by atoms with van der Waals surface area (Å²) in [5.74, 6) is 0. The van der Waals surface area contributed by atoms with Crippen LogP contribution in [0.15, 0.2) is 0 Å². The van der Waals surface area contributed by atoms with Crippen molar-refractivity contribution in [3.05, 3.63) is 0 Å². The quantitative estimate of drug-likeness (QED) is 0.386. The van der Waals surface area contributed by atoms with Crippen LogP contribution in [0.1, 0.15) is 1.43 Å². The van der Waals surface area contributed by atoms with Crippen LogP contribution in [0.2, 0.25) is 19.6 Å². The van der Waals surface area contributed by atoms with Crippen LogP contribution in [-0.4, -0.2) is 18.1 Å². The van der Waals surface area contributed by atoms with Gasteiger partial charge in [-0.3, -0.25) is 0 Å². The predicted molar refractivity (Wildman–Crippen MR) is 36.9 cm³/mol. The summed E-state index contributed by atoms with van der Waals surface area (Å²) >= 11 is 0. The molecular formula is C3H12NaO3PSi. The Balaban J connectivity index is -0.000000245. The van der Waals surface area contributed by atoms with E-state index in [9.17, 15) is 0 Å². The summed E-state index contributed by atoms with van der Waals surface area (Å²) in [6.07, 6.45) is 0. The zero-order chi connectivity index (χ0) is 6.78. The van der Waals surface area contributed by atoms with Gasteiger partial charge >= 0.3 is 38.2 Å². The van der Waals surface area contributed by atoms with Crippen LogP contribution in [0.25, 0.3) is 0 Å². The summed E-state index contributed by atoms with van der Waals surface area (Å²) in [6, 6.07) is 0. The largest absolute Gasteiger partial charge is 1.00 e. The number of rotatable bonds is 2. The van der Waals surface area contributed by atoms with Crippen LogP contribution >= 0.6 is 8.60 Å². The summed E-state index contributed by atoms with van der Waals surface area (Å²) < 4.78 is 4.75. The zero-order valence-corrected chi connectivity index (χ0v) is 10.1. The summed E-state index contributed by atoms with van der Waals surface area (Å²) in [5, 5.41) is 0. The standard InChI is InChI=1S/C3H11O3PSi.Na.H/c1-8(2,3)6-7(4)5;;/h4-5H,1-3H3;;/q;+1;-1. The Kier molecular flexibility index (Phi) is 7.61. The van der Waals surface area contributed by atoms with E-state index < -0.39 is 16.9 Å². The maximum absolute atomic E-state index is 8.32. The molecule has 0 aliphatic heterocycles. The van der Waals surface area contributed by atoms with E-state index in [0.29, 0.717) is 0 Å². The first-order valence-corrected chi connectivity index (χ1v) is 6.86. The average molecular weight is 178 g/mol. The fourth-order valence-corrected chi connectivity index (χ4v) is 2.20. The minimum atomic E-state index is -2.13. The molecule has 0 aliphatic carbocycles. The molecule has 0 heterocycles. The van der Waals surface area contributed by atoms with Gasteiger partial charge in [-0.2, -0.15) is 0 Å². The molecule has 0 saturated heterocycles. The molecule has 0 fully saturated rings. The fraction of sp³-hybridized carbons (Fsp3) is 1.00. The molecule has 0 amide bonds. The molecule has 0 radical (unpaired) electrons. The molecule has 6 heteroatoms. The van der Waals surface area contributed by atoms with Crippen molar-refractivity contribution in [2.45, 2.75) is 19.6 Å². The molecule has 0 atom stereocenters. The van der Waals surface area contributed by atoms with E-state index in [-0.39, 0.29) is 31.0 Å². The Bertz CT molecular complexity index is 78.6. The molecule has 52 valence electrons. The molecule has 3 nitrogen and oxygen atoms in total. The first-order chi connectivity index (χ1) is 3.42. The molecule has 9 heavy (non-hydrogen) atoms. The van der Waals surface area contributed by atoms with Crippen LogP contribution < -0.4 is 29.6 Å². The molecule has 0 unspecified atom stereocenters. The second kappa shape index (κ2) is 5.21. The van der Waals surface area contributed by atoms with Gasteiger partial charge in [0.25, 0.3) is 0 Å². The van der Waals surface area contributed by atoms with Gasteiger partial charge in [0.2, 0.25) is 0 Å². The first kappa shape index (κ1) is 13.1. The smallest absolute Gasteiger partial charge is 1.00 e. The van der Waals surface area contributed by atoms with Crippen molar-refractivity contribution in [2.24, 2.45) is 0 Å². The number of hydrogen-bond acceptors (Lipinski definition) is 3. The van der Waals surface area contributed by atoms with Crippen LogP contribution in [0.4, 0.5) is 0 Å². The average Bonchev–Trinajstić information content (AvgIpc) is 1.21. The minimum absolute atomic E-state index is 0. The van der Waals surface area contributed by atoms with Crippen molar-refractivity contribution >= 4 is 16.9 Å². The molecule has 0 saturated carbocycles. The Morgan fingerprint density at radius 3 is 1.67 bits per heavy atom. The van der Waals surface area contributed by atoms with Crippen molar-refractivity contribution in [1.82, 2.24) is 0 Å². The molecule has 0 bridgehead atoms. The summed E-state index contributed by atoms with van der Waals surface area (Å²) in [6.45, 7) is 5.69. The maximum atomic E-state index is 8.32. The van der Waals surface area contributed by atoms with E-state index in [1.807, 2.05) is 19.6 Å². The van der Waals surface area contributed by atoms with Crippen molar-refractivity contribution in [3.8, 4) is 0 Å². The van der Waals surface area contributed by atoms with Gasteiger partial charge < -0.3 is 15.4 Å². The van der Waals surface area contributed by atoms with E-state index in [1.54, 1.807) is 0 Å². The van der Waals surface area contributed by atoms with Gasteiger partial charge in [-0.05, 0) is 19.6 Å². The van der Waals surface area contributed by atoms with E-state index in [0.717, 1.165) is 0 Å². The van der Waals surface area contributed by atoms with E-state index in [1.165, 1.54) is 0 Å². The van der Waals surface area contributed by atoms with Gasteiger partial charge in [0.1, 0.15) is 0 Å². The van der Waals surface area contributed by atoms with Gasteiger partial charge in [0.05, 0.1) is 0 Å². The first-order valence-electron chi connectivity index (χ1n) is 2.29. The summed E-state index contributed by atoms with van der Waals surface area (Å²) in [4.78, 5) is 16.6. The second-order valence-corrected chi connectivity index (χ2v) is 7.92. The normalized spacial score (nSPS) is 11.3. The van der Waals surface area contributed by atoms with Gasteiger partial charge in [-0.25, -0.2) is 0 Å². The molecular weight excluding hydrogens is 166 g/mol. The number of hydrogen-bond donors (Lipinski definition) is 2. The van der Waals surface area contributed by atoms with Gasteiger partial charge in [0.15, 0.2) is 8.32 Å². The van der Waals surface area contributed by atoms with E-state index >= 15 is 0 Å². The third kappa shape index (κ3) is 12.7. The molecule has 0 rings (SSSR count). The summed E-state index contributed by atoms with van der Waals surface area (Å²) in [7, 11) is -3.82. The monoisotopic (exact) mass is 178 g/mol. The van der Waals surface area contributed by atoms with Crippen LogP contribution in [0, 0.1) is 0 Å². The second-order valence-electron chi connectivity index (χ2n) is 2.46. The molecule has 0 aromatic carbocycles. The van der Waals surface area contributed by atoms with Crippen molar-refractivity contribution in [2.75, 3.05) is 0 Å². The SMILES string of the molecule is C[Si](C)(C)OP(O)O.[H-].[Na+]. The van der Waals surface area contributed by atoms with Crippen LogP contribution in [-0.2, 0) is 4.21 Å². The Labute approximate surface area is 81.3 Å². The molecule has 2 N–H and O–H groups in total. The maximum Gasteiger partial charge on any atom is 1.00 e. The van der Waals surface area contributed by atoms with E-state index in [4.69, 9.17) is 14.0 Å². The topological polar surface area (TPSA) is 49.7 Å². The zero-order valence-electron chi connectivity index (χ0n) is 7.25. The predicted octanol–water partition coefficient (Wildman–Crippen LogP) is -1.83. The van der Waals surface area contributed by atoms with Gasteiger partial charge in [-0.15, -0.1) is 0 Å². The Morgan fingerprint density at radius 2 is 1.67 bits per heavy atom. The Hall–Kier alpha value is 1.53. The molecule has 0 aromatic rings. The van der Waals surface area contributed by atoms with E-state index in [2.05, 4.69) is 0 Å². The fourth-order valence-electron chi connectivity index (χ4n) is 0.245. The minimum Gasteiger partial charge on any atom is -1.00 e. The van der Waals surface area contributed by atoms with Gasteiger partial charge in [-0.1, -0.05) is 0 Å². The molecule has 0 aliphatic rings. The van der Waals surface area contributed by atoms with Crippen LogP contribution in [0.5, 0.6) is 0 Å². The third-order valence-corrected chi connectivity index (χ3v) is 3.20. The van der Waals surface area contributed by atoms with Crippen LogP contribution in [0.3, 0.4) is 0 Å². The van der Waals surface area contributed by atoms with Crippen molar-refractivity contribution in [1.29, 1.82) is 0 Å². The van der Waals surface area contributed by atoms with Gasteiger partial charge in [0, 0.05) is 0 Å². The van der Waals surface area contributed by atoms with Crippen molar-refractivity contribution in [3.63, 3.8) is 0 Å². The molecule has 0 aromatic heterocycles. The Morgan fingerprint density at radius 1 is 1.33 bits per heavy atom. The summed E-state index contributed by atoms with van der Waals surface area (Å²) in [5.41, 5.74) is 0.